The van der Waals surface area contributed by atoms with Crippen LogP contribution < -0.4 is 11.1 Å². The van der Waals surface area contributed by atoms with Crippen LogP contribution in [0.2, 0.25) is 5.02 Å². The third-order valence-corrected chi connectivity index (χ3v) is 5.75. The number of halogens is 3. The van der Waals surface area contributed by atoms with Gasteiger partial charge in [-0.3, -0.25) is 4.99 Å². The maximum absolute atomic E-state index is 14.7. The standard InChI is InChI=1S/C25H16ClF2N5O2.CH4/c26-13-6-9-15-16(10-13)22(20-18(27)2-1-3-19(20)28)30-11-17-21(15)32-25(33-23(17)29)31-14-7-4-12(5-8-14)24(34)35;/h1-10H,11H2,(H,34,35)(H3,29,31,32,33);1H4. The fraction of sp³-hybridized carbons (Fsp3) is 0.0769. The van der Waals surface area contributed by atoms with Gasteiger partial charge in [0.15, 0.2) is 0 Å². The molecule has 0 saturated carbocycles. The second-order valence-corrected chi connectivity index (χ2v) is 8.15. The van der Waals surface area contributed by atoms with Crippen molar-refractivity contribution in [1.29, 1.82) is 0 Å². The van der Waals surface area contributed by atoms with Crippen LogP contribution in [-0.2, 0) is 6.54 Å². The number of carboxylic acid groups (broad SMARTS) is 1. The van der Waals surface area contributed by atoms with Crippen molar-refractivity contribution in [1.82, 2.24) is 9.97 Å². The number of carbonyl (C=O) groups is 1. The smallest absolute Gasteiger partial charge is 0.335 e. The molecule has 0 atom stereocenters. The summed E-state index contributed by atoms with van der Waals surface area (Å²) in [5.41, 5.74) is 8.60. The van der Waals surface area contributed by atoms with E-state index in [2.05, 4.69) is 20.3 Å². The van der Waals surface area contributed by atoms with Crippen molar-refractivity contribution in [2.45, 2.75) is 14.0 Å². The van der Waals surface area contributed by atoms with Crippen molar-refractivity contribution in [3.8, 4) is 11.3 Å². The number of hydrogen-bond donors (Lipinski definition) is 3. The number of carboxylic acids is 1. The molecule has 0 bridgehead atoms. The maximum atomic E-state index is 14.7. The zero-order valence-corrected chi connectivity index (χ0v) is 18.6. The van der Waals surface area contributed by atoms with Gasteiger partial charge in [-0.15, -0.1) is 0 Å². The topological polar surface area (TPSA) is 113 Å². The molecule has 2 heterocycles. The minimum Gasteiger partial charge on any atom is -0.478 e. The Labute approximate surface area is 210 Å². The van der Waals surface area contributed by atoms with Crippen LogP contribution in [0.1, 0.15) is 34.5 Å². The molecule has 0 spiro atoms. The minimum atomic E-state index is -1.04. The van der Waals surface area contributed by atoms with Crippen LogP contribution >= 0.6 is 11.6 Å². The van der Waals surface area contributed by atoms with Gasteiger partial charge in [-0.25, -0.2) is 18.6 Å². The molecule has 10 heteroatoms. The Morgan fingerprint density at radius 3 is 2.36 bits per heavy atom. The quantitative estimate of drug-likeness (QED) is 0.308. The average molecular weight is 508 g/mol. The molecule has 0 fully saturated rings. The van der Waals surface area contributed by atoms with Crippen LogP contribution in [0.4, 0.5) is 26.2 Å². The first-order valence-corrected chi connectivity index (χ1v) is 10.8. The Bertz CT molecular complexity index is 1500. The third-order valence-electron chi connectivity index (χ3n) is 5.51. The van der Waals surface area contributed by atoms with Gasteiger partial charge in [0, 0.05) is 27.4 Å². The van der Waals surface area contributed by atoms with E-state index in [1.807, 2.05) is 0 Å². The number of rotatable bonds is 4. The van der Waals surface area contributed by atoms with Crippen molar-refractivity contribution >= 4 is 40.7 Å². The predicted octanol–water partition coefficient (Wildman–Crippen LogP) is 6.09. The molecule has 182 valence electrons. The van der Waals surface area contributed by atoms with Gasteiger partial charge in [0.05, 0.1) is 29.1 Å². The molecule has 4 aromatic rings. The van der Waals surface area contributed by atoms with Crippen molar-refractivity contribution in [2.75, 3.05) is 11.1 Å². The summed E-state index contributed by atoms with van der Waals surface area (Å²) in [7, 11) is 0. The summed E-state index contributed by atoms with van der Waals surface area (Å²) in [6.45, 7) is -0.00976. The molecule has 5 rings (SSSR count). The number of nitrogens with one attached hydrogen (secondary N) is 1. The number of nitrogens with zero attached hydrogens (tertiary/aromatic N) is 3. The molecule has 1 aliphatic heterocycles. The van der Waals surface area contributed by atoms with Gasteiger partial charge in [-0.2, -0.15) is 4.98 Å². The number of anilines is 3. The Kier molecular flexibility index (Phi) is 6.67. The van der Waals surface area contributed by atoms with Gasteiger partial charge in [0.2, 0.25) is 5.95 Å². The SMILES string of the molecule is C.Nc1nc(Nc2ccc(C(=O)O)cc2)nc2c1CN=C(c1c(F)cccc1F)c1cc(Cl)ccc1-2. The summed E-state index contributed by atoms with van der Waals surface area (Å²) < 4.78 is 29.4. The second kappa shape index (κ2) is 9.71. The first-order chi connectivity index (χ1) is 16.8. The Balaban J connectivity index is 0.00000304. The molecular weight excluding hydrogens is 488 g/mol. The van der Waals surface area contributed by atoms with Crippen LogP contribution in [-0.4, -0.2) is 26.8 Å². The number of aromatic carboxylic acids is 1. The van der Waals surface area contributed by atoms with E-state index in [-0.39, 0.29) is 42.6 Å². The largest absolute Gasteiger partial charge is 0.478 e. The zero-order chi connectivity index (χ0) is 24.7. The van der Waals surface area contributed by atoms with E-state index in [4.69, 9.17) is 22.4 Å². The molecule has 3 aromatic carbocycles. The van der Waals surface area contributed by atoms with Crippen LogP contribution in [0.5, 0.6) is 0 Å². The summed E-state index contributed by atoms with van der Waals surface area (Å²) in [5.74, 6) is -2.26. The van der Waals surface area contributed by atoms with E-state index < -0.39 is 17.6 Å². The number of aliphatic imine (C=N–C) groups is 1. The molecule has 0 unspecified atom stereocenters. The number of hydrogen-bond acceptors (Lipinski definition) is 6. The van der Waals surface area contributed by atoms with Gasteiger partial charge < -0.3 is 16.2 Å². The molecule has 36 heavy (non-hydrogen) atoms. The summed E-state index contributed by atoms with van der Waals surface area (Å²) >= 11 is 6.24. The first kappa shape index (κ1) is 24.7. The van der Waals surface area contributed by atoms with Gasteiger partial charge in [-0.1, -0.05) is 31.2 Å². The molecular formula is C26H20ClF2N5O2. The molecule has 7 nitrogen and oxygen atoms in total. The van der Waals surface area contributed by atoms with E-state index in [9.17, 15) is 13.6 Å². The van der Waals surface area contributed by atoms with Crippen molar-refractivity contribution in [3.05, 3.63) is 99.6 Å². The van der Waals surface area contributed by atoms with Gasteiger partial charge in [-0.05, 0) is 48.5 Å². The molecule has 0 amide bonds. The van der Waals surface area contributed by atoms with Crippen LogP contribution in [0.25, 0.3) is 11.3 Å². The summed E-state index contributed by atoms with van der Waals surface area (Å²) in [6.07, 6.45) is 0. The first-order valence-electron chi connectivity index (χ1n) is 10.4. The molecule has 1 aliphatic rings. The third kappa shape index (κ3) is 4.48. The highest BCUT2D eigenvalue weighted by atomic mass is 35.5. The molecule has 4 N–H and O–H groups in total. The van der Waals surface area contributed by atoms with E-state index in [0.29, 0.717) is 33.1 Å². The monoisotopic (exact) mass is 507 g/mol. The number of benzene rings is 3. The van der Waals surface area contributed by atoms with Crippen LogP contribution in [0, 0.1) is 11.6 Å². The minimum absolute atomic E-state index is 0. The van der Waals surface area contributed by atoms with E-state index in [0.717, 1.165) is 12.1 Å². The maximum Gasteiger partial charge on any atom is 0.335 e. The lowest BCUT2D eigenvalue weighted by Gasteiger charge is -2.14. The van der Waals surface area contributed by atoms with Gasteiger partial charge >= 0.3 is 5.97 Å². The van der Waals surface area contributed by atoms with Crippen molar-refractivity contribution < 1.29 is 18.7 Å². The second-order valence-electron chi connectivity index (χ2n) is 7.72. The lowest BCUT2D eigenvalue weighted by molar-refractivity contribution is 0.0697. The van der Waals surface area contributed by atoms with Gasteiger partial charge in [0.1, 0.15) is 17.5 Å². The lowest BCUT2D eigenvalue weighted by Crippen LogP contribution is -2.10. The van der Waals surface area contributed by atoms with Crippen molar-refractivity contribution in [3.63, 3.8) is 0 Å². The van der Waals surface area contributed by atoms with Crippen LogP contribution in [0.3, 0.4) is 0 Å². The normalized spacial score (nSPS) is 11.9. The highest BCUT2D eigenvalue weighted by Crippen LogP contribution is 2.36. The Morgan fingerprint density at radius 1 is 1.00 bits per heavy atom. The fourth-order valence-corrected chi connectivity index (χ4v) is 4.03. The van der Waals surface area contributed by atoms with Crippen LogP contribution in [0.15, 0.2) is 65.7 Å². The number of nitrogens with two attached hydrogens (primary N) is 1. The number of nitrogen functional groups attached to an aromatic ring is 1. The summed E-state index contributed by atoms with van der Waals surface area (Å²) in [6, 6.07) is 14.5. The van der Waals surface area contributed by atoms with E-state index in [1.165, 1.54) is 18.2 Å². The van der Waals surface area contributed by atoms with Crippen molar-refractivity contribution in [2.24, 2.45) is 4.99 Å². The molecule has 1 aromatic heterocycles. The summed E-state index contributed by atoms with van der Waals surface area (Å²) in [4.78, 5) is 24.5. The predicted molar refractivity (Wildman–Crippen MR) is 136 cm³/mol. The highest BCUT2D eigenvalue weighted by molar-refractivity contribution is 6.31. The van der Waals surface area contributed by atoms with E-state index >= 15 is 0 Å². The summed E-state index contributed by atoms with van der Waals surface area (Å²) in [5, 5.41) is 12.4. The molecule has 0 aliphatic carbocycles. The Hall–Kier alpha value is -4.37. The lowest BCUT2D eigenvalue weighted by atomic mass is 9.94. The fourth-order valence-electron chi connectivity index (χ4n) is 3.86. The Morgan fingerprint density at radius 2 is 1.69 bits per heavy atom. The zero-order valence-electron chi connectivity index (χ0n) is 17.9. The number of aromatic nitrogens is 2. The number of fused-ring (bicyclic) bond motifs is 3. The van der Waals surface area contributed by atoms with E-state index in [1.54, 1.807) is 30.3 Å². The highest BCUT2D eigenvalue weighted by Gasteiger charge is 2.26. The average Bonchev–Trinajstić information content (AvgIpc) is 2.97. The molecule has 0 radical (unpaired) electrons. The van der Waals surface area contributed by atoms with Gasteiger partial charge in [0.25, 0.3) is 0 Å². The molecule has 0 saturated heterocycles.